The zero-order valence-corrected chi connectivity index (χ0v) is 19.8. The van der Waals surface area contributed by atoms with E-state index in [1.807, 2.05) is 0 Å². The van der Waals surface area contributed by atoms with Crippen LogP contribution < -0.4 is 16.1 Å². The Morgan fingerprint density at radius 1 is 0.917 bits per heavy atom. The van der Waals surface area contributed by atoms with Crippen molar-refractivity contribution in [3.63, 3.8) is 0 Å². The SMILES string of the molecule is C.C[C@@H](O)[C@H](NC(=O)c1ccc(C#CC#Cc2ccc(NC(=O)OC(C)(C)C)cc2)cc1)C(=O)NO. The van der Waals surface area contributed by atoms with Crippen molar-refractivity contribution in [3.05, 3.63) is 65.2 Å². The maximum absolute atomic E-state index is 12.3. The first-order chi connectivity index (χ1) is 16.5. The Morgan fingerprint density at radius 3 is 1.86 bits per heavy atom. The number of carbonyl (C=O) groups excluding carboxylic acids is 3. The van der Waals surface area contributed by atoms with Crippen LogP contribution in [0.2, 0.25) is 0 Å². The maximum atomic E-state index is 12.3. The number of ether oxygens (including phenoxy) is 1. The monoisotopic (exact) mass is 493 g/mol. The van der Waals surface area contributed by atoms with Gasteiger partial charge in [0.05, 0.1) is 6.10 Å². The number of benzene rings is 2. The molecule has 0 heterocycles. The Hall–Kier alpha value is -4.31. The van der Waals surface area contributed by atoms with E-state index >= 15 is 0 Å². The molecule has 0 saturated carbocycles. The molecule has 0 unspecified atom stereocenters. The molecule has 0 aliphatic heterocycles. The first-order valence-electron chi connectivity index (χ1n) is 10.6. The number of aliphatic hydroxyl groups is 1. The van der Waals surface area contributed by atoms with E-state index in [2.05, 4.69) is 34.3 Å². The summed E-state index contributed by atoms with van der Waals surface area (Å²) in [4.78, 5) is 35.6. The zero-order valence-electron chi connectivity index (χ0n) is 19.8. The van der Waals surface area contributed by atoms with E-state index < -0.39 is 35.7 Å². The fourth-order valence-electron chi connectivity index (χ4n) is 2.67. The molecule has 3 amide bonds. The average molecular weight is 494 g/mol. The smallest absolute Gasteiger partial charge is 0.412 e. The van der Waals surface area contributed by atoms with Gasteiger partial charge in [-0.1, -0.05) is 19.3 Å². The number of hydroxylamine groups is 1. The molecule has 2 atom stereocenters. The molecule has 2 aromatic carbocycles. The number of hydrogen-bond donors (Lipinski definition) is 5. The summed E-state index contributed by atoms with van der Waals surface area (Å²) in [5.41, 5.74) is 2.98. The number of nitrogens with one attached hydrogen (secondary N) is 3. The lowest BCUT2D eigenvalue weighted by Gasteiger charge is -2.19. The van der Waals surface area contributed by atoms with Crippen molar-refractivity contribution in [2.24, 2.45) is 0 Å². The summed E-state index contributed by atoms with van der Waals surface area (Å²) in [6, 6.07) is 11.9. The van der Waals surface area contributed by atoms with Crippen LogP contribution in [0.15, 0.2) is 48.5 Å². The highest BCUT2D eigenvalue weighted by molar-refractivity contribution is 5.97. The molecule has 0 spiro atoms. The van der Waals surface area contributed by atoms with Gasteiger partial charge < -0.3 is 15.2 Å². The molecule has 0 aliphatic rings. The Kier molecular flexibility index (Phi) is 11.2. The summed E-state index contributed by atoms with van der Waals surface area (Å²) in [7, 11) is 0. The zero-order chi connectivity index (χ0) is 26.0. The molecule has 0 fully saturated rings. The Bertz CT molecular complexity index is 1170. The van der Waals surface area contributed by atoms with Gasteiger partial charge in [-0.2, -0.15) is 0 Å². The van der Waals surface area contributed by atoms with Crippen LogP contribution in [0.3, 0.4) is 0 Å². The molecular weight excluding hydrogens is 462 g/mol. The lowest BCUT2D eigenvalue weighted by Crippen LogP contribution is -2.51. The van der Waals surface area contributed by atoms with Gasteiger partial charge in [-0.25, -0.2) is 10.3 Å². The van der Waals surface area contributed by atoms with Crippen LogP contribution in [0.25, 0.3) is 0 Å². The third-order valence-electron chi connectivity index (χ3n) is 4.32. The Balaban J connectivity index is 0.00000648. The van der Waals surface area contributed by atoms with Gasteiger partial charge >= 0.3 is 6.09 Å². The summed E-state index contributed by atoms with van der Waals surface area (Å²) < 4.78 is 5.20. The van der Waals surface area contributed by atoms with E-state index in [0.717, 1.165) is 0 Å². The summed E-state index contributed by atoms with van der Waals surface area (Å²) in [6.07, 6.45) is -1.74. The second kappa shape index (κ2) is 13.5. The second-order valence-electron chi connectivity index (χ2n) is 8.45. The molecule has 2 rings (SSSR count). The fourth-order valence-corrected chi connectivity index (χ4v) is 2.67. The number of amides is 3. The molecule has 9 nitrogen and oxygen atoms in total. The van der Waals surface area contributed by atoms with E-state index in [1.165, 1.54) is 24.5 Å². The van der Waals surface area contributed by atoms with Gasteiger partial charge in [0.15, 0.2) is 0 Å². The Morgan fingerprint density at radius 2 is 1.42 bits per heavy atom. The van der Waals surface area contributed by atoms with Gasteiger partial charge in [0.25, 0.3) is 11.8 Å². The van der Waals surface area contributed by atoms with E-state index in [-0.39, 0.29) is 13.0 Å². The first kappa shape index (κ1) is 29.7. The molecule has 36 heavy (non-hydrogen) atoms. The van der Waals surface area contributed by atoms with Crippen LogP contribution in [0.1, 0.15) is 56.6 Å². The van der Waals surface area contributed by atoms with Gasteiger partial charge in [-0.05, 0) is 88.1 Å². The molecule has 0 saturated heterocycles. The van der Waals surface area contributed by atoms with Crippen molar-refractivity contribution in [3.8, 4) is 23.7 Å². The Labute approximate surface area is 211 Å². The third kappa shape index (κ3) is 9.90. The number of anilines is 1. The van der Waals surface area contributed by atoms with Crippen molar-refractivity contribution >= 4 is 23.6 Å². The number of rotatable bonds is 5. The molecule has 5 N–H and O–H groups in total. The summed E-state index contributed by atoms with van der Waals surface area (Å²) >= 11 is 0. The summed E-state index contributed by atoms with van der Waals surface area (Å²) in [6.45, 7) is 6.67. The highest BCUT2D eigenvalue weighted by atomic mass is 16.6. The second-order valence-corrected chi connectivity index (χ2v) is 8.45. The van der Waals surface area contributed by atoms with Gasteiger partial charge in [-0.3, -0.25) is 20.1 Å². The number of hydrogen-bond acceptors (Lipinski definition) is 6. The summed E-state index contributed by atoms with van der Waals surface area (Å²) in [5.74, 6) is 9.70. The van der Waals surface area contributed by atoms with Crippen LogP contribution in [0.5, 0.6) is 0 Å². The van der Waals surface area contributed by atoms with Crippen LogP contribution in [-0.2, 0) is 9.53 Å². The van der Waals surface area contributed by atoms with Gasteiger partial charge in [0, 0.05) is 22.4 Å². The molecule has 0 bridgehead atoms. The predicted molar refractivity (Wildman–Crippen MR) is 136 cm³/mol. The van der Waals surface area contributed by atoms with E-state index in [4.69, 9.17) is 9.94 Å². The van der Waals surface area contributed by atoms with E-state index in [0.29, 0.717) is 16.8 Å². The summed E-state index contributed by atoms with van der Waals surface area (Å²) in [5, 5.41) is 23.3. The predicted octanol–water partition coefficient (Wildman–Crippen LogP) is 3.06. The molecule has 0 radical (unpaired) electrons. The lowest BCUT2D eigenvalue weighted by atomic mass is 10.1. The van der Waals surface area contributed by atoms with Crippen molar-refractivity contribution in [2.75, 3.05) is 5.32 Å². The van der Waals surface area contributed by atoms with Crippen molar-refractivity contribution in [1.29, 1.82) is 0 Å². The van der Waals surface area contributed by atoms with Crippen LogP contribution in [0, 0.1) is 23.7 Å². The highest BCUT2D eigenvalue weighted by Gasteiger charge is 2.25. The van der Waals surface area contributed by atoms with Crippen LogP contribution in [-0.4, -0.2) is 46.0 Å². The van der Waals surface area contributed by atoms with Gasteiger partial charge in [0.2, 0.25) is 0 Å². The van der Waals surface area contributed by atoms with Crippen molar-refractivity contribution in [1.82, 2.24) is 10.8 Å². The average Bonchev–Trinajstić information content (AvgIpc) is 2.79. The molecule has 9 heteroatoms. The molecule has 0 aromatic heterocycles. The van der Waals surface area contributed by atoms with E-state index in [1.54, 1.807) is 57.2 Å². The normalized spacial score (nSPS) is 11.6. The minimum absolute atomic E-state index is 0. The third-order valence-corrected chi connectivity index (χ3v) is 4.32. The fraction of sp³-hybridized carbons (Fsp3) is 0.296. The minimum atomic E-state index is -1.30. The molecule has 2 aromatic rings. The topological polar surface area (TPSA) is 137 Å². The molecular formula is C27H31N3O6. The van der Waals surface area contributed by atoms with Crippen molar-refractivity contribution in [2.45, 2.75) is 52.9 Å². The minimum Gasteiger partial charge on any atom is -0.444 e. The lowest BCUT2D eigenvalue weighted by molar-refractivity contribution is -0.133. The van der Waals surface area contributed by atoms with E-state index in [9.17, 15) is 19.5 Å². The highest BCUT2D eigenvalue weighted by Crippen LogP contribution is 2.12. The maximum Gasteiger partial charge on any atom is 0.412 e. The van der Waals surface area contributed by atoms with Crippen LogP contribution >= 0.6 is 0 Å². The van der Waals surface area contributed by atoms with Crippen molar-refractivity contribution < 1.29 is 29.4 Å². The standard InChI is InChI=1S/C26H27N3O6.CH4/c1-17(30)22(24(32)29-34)28-23(31)20-13-9-18(10-14-20)7-5-6-8-19-11-15-21(16-12-19)27-25(33)35-26(2,3)4;/h9-17,22,30,34H,1-4H3,(H,27,33)(H,28,31)(H,29,32);1H4/t17-,22+;/m1./s1. The van der Waals surface area contributed by atoms with Gasteiger partial charge in [0.1, 0.15) is 11.6 Å². The quantitative estimate of drug-likeness (QED) is 0.247. The van der Waals surface area contributed by atoms with Crippen LogP contribution in [0.4, 0.5) is 10.5 Å². The molecule has 0 aliphatic carbocycles. The first-order valence-corrected chi connectivity index (χ1v) is 10.6. The number of carbonyl (C=O) groups is 3. The van der Waals surface area contributed by atoms with Gasteiger partial charge in [-0.15, -0.1) is 0 Å². The number of aliphatic hydroxyl groups excluding tert-OH is 1. The largest absolute Gasteiger partial charge is 0.444 e. The molecule has 190 valence electrons.